The Balaban J connectivity index is 2.12. The fourth-order valence-electron chi connectivity index (χ4n) is 3.01. The molecule has 7 heteroatoms. The van der Waals surface area contributed by atoms with Gasteiger partial charge >= 0.3 is 5.97 Å². The van der Waals surface area contributed by atoms with Crippen LogP contribution < -0.4 is 10.6 Å². The maximum Gasteiger partial charge on any atom is 0.340 e. The van der Waals surface area contributed by atoms with Crippen LogP contribution in [0.2, 0.25) is 0 Å². The first kappa shape index (κ1) is 22.2. The summed E-state index contributed by atoms with van der Waals surface area (Å²) in [7, 11) is 0. The predicted octanol–water partition coefficient (Wildman–Crippen LogP) is 4.04. The topological polar surface area (TPSA) is 100 Å². The van der Waals surface area contributed by atoms with E-state index in [1.165, 1.54) is 0 Å². The summed E-state index contributed by atoms with van der Waals surface area (Å²) < 4.78 is 5.27. The van der Waals surface area contributed by atoms with Crippen molar-refractivity contribution in [1.29, 1.82) is 0 Å². The maximum absolute atomic E-state index is 12.8. The average molecular weight is 399 g/mol. The quantitative estimate of drug-likeness (QED) is 0.612. The molecule has 0 bridgehead atoms. The van der Waals surface area contributed by atoms with Crippen molar-refractivity contribution in [2.75, 3.05) is 5.32 Å². The Morgan fingerprint density at radius 1 is 1.07 bits per heavy atom. The minimum atomic E-state index is -0.442. The highest BCUT2D eigenvalue weighted by Gasteiger charge is 2.24. The first-order chi connectivity index (χ1) is 13.6. The molecule has 0 aliphatic rings. The number of aryl methyl sites for hydroxylation is 1. The van der Waals surface area contributed by atoms with Crippen molar-refractivity contribution < 1.29 is 19.1 Å². The van der Waals surface area contributed by atoms with E-state index < -0.39 is 5.97 Å². The van der Waals surface area contributed by atoms with Crippen LogP contribution >= 0.6 is 0 Å². The summed E-state index contributed by atoms with van der Waals surface area (Å²) in [6.07, 6.45) is 0.175. The molecule has 1 atom stereocenters. The van der Waals surface area contributed by atoms with Gasteiger partial charge in [-0.3, -0.25) is 9.59 Å². The predicted molar refractivity (Wildman–Crippen MR) is 112 cm³/mol. The van der Waals surface area contributed by atoms with Crippen molar-refractivity contribution in [2.45, 2.75) is 60.1 Å². The van der Waals surface area contributed by atoms with Gasteiger partial charge in [0.1, 0.15) is 5.69 Å². The number of carbonyl (C=O) groups excluding carboxylic acids is 3. The van der Waals surface area contributed by atoms with Gasteiger partial charge in [0, 0.05) is 17.8 Å². The van der Waals surface area contributed by atoms with Crippen molar-refractivity contribution in [2.24, 2.45) is 0 Å². The largest absolute Gasteiger partial charge is 0.459 e. The number of H-pyrrole nitrogens is 1. The number of carbonyl (C=O) groups is 3. The molecule has 0 fully saturated rings. The molecule has 1 aromatic carbocycles. The van der Waals surface area contributed by atoms with E-state index in [-0.39, 0.29) is 24.0 Å². The number of benzene rings is 1. The molecule has 0 saturated heterocycles. The lowest BCUT2D eigenvalue weighted by molar-refractivity contribution is -0.115. The van der Waals surface area contributed by atoms with Crippen LogP contribution in [-0.2, 0) is 9.53 Å². The molecule has 156 valence electrons. The standard InChI is InChI=1S/C22H29N3O4/c1-7-18(26)25-17-10-8-16(9-11-17)14(5)24-21(27)20-13(4)19(15(6)23-20)22(28)29-12(2)3/h8-12,14,23H,7H2,1-6H3,(H,24,27)(H,25,26). The van der Waals surface area contributed by atoms with Gasteiger partial charge < -0.3 is 20.4 Å². The molecule has 0 radical (unpaired) electrons. The zero-order valence-corrected chi connectivity index (χ0v) is 17.8. The first-order valence-corrected chi connectivity index (χ1v) is 9.74. The molecule has 3 N–H and O–H groups in total. The van der Waals surface area contributed by atoms with Crippen molar-refractivity contribution in [1.82, 2.24) is 10.3 Å². The Labute approximate surface area is 171 Å². The van der Waals surface area contributed by atoms with Gasteiger partial charge in [-0.1, -0.05) is 19.1 Å². The van der Waals surface area contributed by atoms with Crippen molar-refractivity contribution in [3.63, 3.8) is 0 Å². The van der Waals surface area contributed by atoms with Crippen molar-refractivity contribution in [3.8, 4) is 0 Å². The Bertz CT molecular complexity index is 898. The summed E-state index contributed by atoms with van der Waals surface area (Å²) in [6.45, 7) is 10.7. The van der Waals surface area contributed by atoms with E-state index in [1.807, 2.05) is 19.1 Å². The molecule has 0 spiro atoms. The van der Waals surface area contributed by atoms with E-state index in [0.29, 0.717) is 34.6 Å². The number of esters is 1. The fourth-order valence-corrected chi connectivity index (χ4v) is 3.01. The Hall–Kier alpha value is -3.09. The second-order valence-electron chi connectivity index (χ2n) is 7.30. The number of nitrogens with one attached hydrogen (secondary N) is 3. The van der Waals surface area contributed by atoms with E-state index in [2.05, 4.69) is 15.6 Å². The molecule has 2 rings (SSSR count). The molecule has 1 aromatic heterocycles. The zero-order chi connectivity index (χ0) is 21.7. The van der Waals surface area contributed by atoms with Gasteiger partial charge in [-0.15, -0.1) is 0 Å². The summed E-state index contributed by atoms with van der Waals surface area (Å²) >= 11 is 0. The summed E-state index contributed by atoms with van der Waals surface area (Å²) in [5, 5.41) is 5.73. The first-order valence-electron chi connectivity index (χ1n) is 9.74. The third-order valence-electron chi connectivity index (χ3n) is 4.57. The van der Waals surface area contributed by atoms with Crippen LogP contribution in [0.5, 0.6) is 0 Å². The molecule has 1 unspecified atom stereocenters. The highest BCUT2D eigenvalue weighted by Crippen LogP contribution is 2.21. The Kier molecular flexibility index (Phi) is 7.20. The summed E-state index contributed by atoms with van der Waals surface area (Å²) in [4.78, 5) is 39.5. The van der Waals surface area contributed by atoms with E-state index >= 15 is 0 Å². The lowest BCUT2D eigenvalue weighted by Crippen LogP contribution is -2.27. The number of aromatic nitrogens is 1. The van der Waals surface area contributed by atoms with E-state index in [1.54, 1.807) is 46.8 Å². The lowest BCUT2D eigenvalue weighted by atomic mass is 10.1. The van der Waals surface area contributed by atoms with Crippen LogP contribution in [0.15, 0.2) is 24.3 Å². The minimum absolute atomic E-state index is 0.0523. The molecular weight excluding hydrogens is 370 g/mol. The normalized spacial score (nSPS) is 11.8. The highest BCUT2D eigenvalue weighted by molar-refractivity contribution is 6.00. The number of hydrogen-bond acceptors (Lipinski definition) is 4. The van der Waals surface area contributed by atoms with Crippen LogP contribution in [0.3, 0.4) is 0 Å². The smallest absolute Gasteiger partial charge is 0.340 e. The van der Waals surface area contributed by atoms with E-state index in [4.69, 9.17) is 4.74 Å². The van der Waals surface area contributed by atoms with Crippen molar-refractivity contribution >= 4 is 23.5 Å². The summed E-state index contributed by atoms with van der Waals surface area (Å²) in [5.41, 5.74) is 3.51. The highest BCUT2D eigenvalue weighted by atomic mass is 16.5. The monoisotopic (exact) mass is 399 g/mol. The number of hydrogen-bond donors (Lipinski definition) is 3. The molecule has 1 heterocycles. The van der Waals surface area contributed by atoms with Gasteiger partial charge in [-0.05, 0) is 57.9 Å². The van der Waals surface area contributed by atoms with Gasteiger partial charge in [0.25, 0.3) is 5.91 Å². The minimum Gasteiger partial charge on any atom is -0.459 e. The Morgan fingerprint density at radius 3 is 2.24 bits per heavy atom. The second-order valence-corrected chi connectivity index (χ2v) is 7.30. The molecule has 0 saturated carbocycles. The van der Waals surface area contributed by atoms with Crippen LogP contribution in [0.25, 0.3) is 0 Å². The molecule has 29 heavy (non-hydrogen) atoms. The maximum atomic E-state index is 12.8. The number of ether oxygens (including phenoxy) is 1. The van der Waals surface area contributed by atoms with Crippen LogP contribution in [0.1, 0.15) is 77.8 Å². The lowest BCUT2D eigenvalue weighted by Gasteiger charge is -2.15. The van der Waals surface area contributed by atoms with Crippen LogP contribution in [0.4, 0.5) is 5.69 Å². The van der Waals surface area contributed by atoms with Gasteiger partial charge in [-0.25, -0.2) is 4.79 Å². The fraction of sp³-hybridized carbons (Fsp3) is 0.409. The van der Waals surface area contributed by atoms with Gasteiger partial charge in [0.2, 0.25) is 5.91 Å². The van der Waals surface area contributed by atoms with E-state index in [0.717, 1.165) is 5.56 Å². The third kappa shape index (κ3) is 5.47. The van der Waals surface area contributed by atoms with Gasteiger partial charge in [0.05, 0.1) is 17.7 Å². The number of anilines is 1. The number of amides is 2. The number of rotatable bonds is 7. The summed E-state index contributed by atoms with van der Waals surface area (Å²) in [5.74, 6) is -0.795. The third-order valence-corrected chi connectivity index (χ3v) is 4.57. The molecule has 7 nitrogen and oxygen atoms in total. The van der Waals surface area contributed by atoms with Gasteiger partial charge in [0.15, 0.2) is 0 Å². The zero-order valence-electron chi connectivity index (χ0n) is 17.8. The molecule has 2 amide bonds. The molecular formula is C22H29N3O4. The summed E-state index contributed by atoms with van der Waals surface area (Å²) in [6, 6.07) is 7.06. The number of aromatic amines is 1. The molecule has 2 aromatic rings. The van der Waals surface area contributed by atoms with Gasteiger partial charge in [-0.2, -0.15) is 0 Å². The van der Waals surface area contributed by atoms with E-state index in [9.17, 15) is 14.4 Å². The van der Waals surface area contributed by atoms with Crippen LogP contribution in [-0.4, -0.2) is 28.9 Å². The van der Waals surface area contributed by atoms with Crippen LogP contribution in [0, 0.1) is 13.8 Å². The van der Waals surface area contributed by atoms with Crippen molar-refractivity contribution in [3.05, 3.63) is 52.3 Å². The second kappa shape index (κ2) is 9.41. The average Bonchev–Trinajstić information content (AvgIpc) is 2.95. The SMILES string of the molecule is CCC(=O)Nc1ccc(C(C)NC(=O)c2[nH]c(C)c(C(=O)OC(C)C)c2C)cc1. The Morgan fingerprint density at radius 2 is 1.69 bits per heavy atom. The molecule has 0 aliphatic heterocycles. The molecule has 0 aliphatic carbocycles.